The number of benzene rings is 2. The van der Waals surface area contributed by atoms with Gasteiger partial charge in [-0.05, 0) is 44.2 Å². The average Bonchev–Trinajstić information content (AvgIpc) is 3.30. The molecule has 1 N–H and O–H groups in total. The molecule has 6 heteroatoms. The van der Waals surface area contributed by atoms with Crippen LogP contribution in [-0.2, 0) is 0 Å². The van der Waals surface area contributed by atoms with Gasteiger partial charge in [-0.3, -0.25) is 4.79 Å². The van der Waals surface area contributed by atoms with E-state index >= 15 is 0 Å². The number of hydrogen-bond donors (Lipinski definition) is 1. The monoisotopic (exact) mass is 404 g/mol. The van der Waals surface area contributed by atoms with Gasteiger partial charge in [-0.1, -0.05) is 54.8 Å². The van der Waals surface area contributed by atoms with Gasteiger partial charge in [0, 0.05) is 35.8 Å². The molecule has 6 nitrogen and oxygen atoms in total. The molecule has 4 rings (SSSR count). The van der Waals surface area contributed by atoms with Crippen LogP contribution in [0.25, 0.3) is 22.8 Å². The number of carbonyl (C=O) groups excluding carboxylic acids is 1. The molecule has 0 saturated heterocycles. The zero-order chi connectivity index (χ0) is 20.8. The van der Waals surface area contributed by atoms with Crippen LogP contribution in [0.15, 0.2) is 59.1 Å². The first-order valence-corrected chi connectivity index (χ1v) is 10.7. The van der Waals surface area contributed by atoms with Gasteiger partial charge in [0.05, 0.1) is 0 Å². The topological polar surface area (TPSA) is 71.3 Å². The van der Waals surface area contributed by atoms with Crippen molar-refractivity contribution in [3.63, 3.8) is 0 Å². The number of carbonyl (C=O) groups is 1. The number of aromatic nitrogens is 2. The van der Waals surface area contributed by atoms with Crippen LogP contribution in [0.4, 0.5) is 0 Å². The molecule has 3 aromatic rings. The Labute approximate surface area is 177 Å². The van der Waals surface area contributed by atoms with E-state index < -0.39 is 0 Å². The third kappa shape index (κ3) is 4.94. The van der Waals surface area contributed by atoms with Crippen LogP contribution in [-0.4, -0.2) is 47.1 Å². The van der Waals surface area contributed by atoms with Crippen molar-refractivity contribution in [1.29, 1.82) is 0 Å². The molecule has 1 aliphatic rings. The maximum atomic E-state index is 12.5. The molecule has 0 aliphatic heterocycles. The number of nitrogens with zero attached hydrogens (tertiary/aromatic N) is 3. The average molecular weight is 405 g/mol. The van der Waals surface area contributed by atoms with Crippen LogP contribution < -0.4 is 5.32 Å². The lowest BCUT2D eigenvalue weighted by atomic mass is 9.94. The zero-order valence-corrected chi connectivity index (χ0v) is 17.4. The molecule has 1 heterocycles. The van der Waals surface area contributed by atoms with E-state index in [1.807, 2.05) is 42.5 Å². The van der Waals surface area contributed by atoms with E-state index in [1.54, 1.807) is 12.1 Å². The highest BCUT2D eigenvalue weighted by Crippen LogP contribution is 2.23. The molecule has 30 heavy (non-hydrogen) atoms. The molecule has 1 fully saturated rings. The van der Waals surface area contributed by atoms with E-state index in [-0.39, 0.29) is 5.91 Å². The lowest BCUT2D eigenvalue weighted by Gasteiger charge is -2.31. The van der Waals surface area contributed by atoms with E-state index in [4.69, 9.17) is 4.52 Å². The van der Waals surface area contributed by atoms with Crippen molar-refractivity contribution >= 4 is 5.91 Å². The fourth-order valence-corrected chi connectivity index (χ4v) is 3.96. The van der Waals surface area contributed by atoms with Gasteiger partial charge in [-0.25, -0.2) is 0 Å². The normalized spacial score (nSPS) is 14.7. The molecule has 1 saturated carbocycles. The van der Waals surface area contributed by atoms with E-state index in [0.29, 0.717) is 29.9 Å². The van der Waals surface area contributed by atoms with Gasteiger partial charge in [0.2, 0.25) is 5.82 Å². The largest absolute Gasteiger partial charge is 0.351 e. The predicted octanol–water partition coefficient (Wildman–Crippen LogP) is 4.40. The summed E-state index contributed by atoms with van der Waals surface area (Å²) in [6.07, 6.45) is 6.54. The summed E-state index contributed by atoms with van der Waals surface area (Å²) < 4.78 is 5.39. The van der Waals surface area contributed by atoms with Gasteiger partial charge >= 0.3 is 0 Å². The molecule has 156 valence electrons. The molecule has 0 unspecified atom stereocenters. The van der Waals surface area contributed by atoms with Crippen molar-refractivity contribution in [1.82, 2.24) is 20.4 Å². The van der Waals surface area contributed by atoms with E-state index in [1.165, 1.54) is 32.1 Å². The Bertz CT molecular complexity index is 947. The van der Waals surface area contributed by atoms with E-state index in [0.717, 1.165) is 17.7 Å². The van der Waals surface area contributed by atoms with Crippen molar-refractivity contribution in [2.45, 2.75) is 38.1 Å². The van der Waals surface area contributed by atoms with E-state index in [9.17, 15) is 4.79 Å². The van der Waals surface area contributed by atoms with Gasteiger partial charge in [0.25, 0.3) is 11.8 Å². The van der Waals surface area contributed by atoms with Crippen LogP contribution in [0.5, 0.6) is 0 Å². The van der Waals surface area contributed by atoms with Gasteiger partial charge in [-0.2, -0.15) is 4.98 Å². The highest BCUT2D eigenvalue weighted by atomic mass is 16.5. The van der Waals surface area contributed by atoms with Crippen molar-refractivity contribution in [3.8, 4) is 22.8 Å². The van der Waals surface area contributed by atoms with Gasteiger partial charge in [0.15, 0.2) is 0 Å². The molecule has 2 aromatic carbocycles. The lowest BCUT2D eigenvalue weighted by Crippen LogP contribution is -2.39. The van der Waals surface area contributed by atoms with Crippen LogP contribution in [0.1, 0.15) is 42.5 Å². The molecule has 1 aromatic heterocycles. The third-order valence-corrected chi connectivity index (χ3v) is 5.80. The molecule has 1 aliphatic carbocycles. The highest BCUT2D eigenvalue weighted by Gasteiger charge is 2.18. The van der Waals surface area contributed by atoms with Crippen molar-refractivity contribution in [2.75, 3.05) is 20.1 Å². The molecular formula is C24H28N4O2. The second-order valence-electron chi connectivity index (χ2n) is 7.89. The molecule has 0 atom stereocenters. The Kier molecular flexibility index (Phi) is 6.54. The first kappa shape index (κ1) is 20.3. The summed E-state index contributed by atoms with van der Waals surface area (Å²) in [6, 6.07) is 17.6. The molecule has 0 spiro atoms. The quantitative estimate of drug-likeness (QED) is 0.632. The van der Waals surface area contributed by atoms with Crippen LogP contribution in [0.2, 0.25) is 0 Å². The SMILES string of the molecule is CN(CCNC(=O)c1ccc(-c2nc(-c3ccccc3)no2)cc1)C1CCCCC1. The Balaban J connectivity index is 1.31. The third-order valence-electron chi connectivity index (χ3n) is 5.80. The maximum Gasteiger partial charge on any atom is 0.258 e. The smallest absolute Gasteiger partial charge is 0.258 e. The minimum absolute atomic E-state index is 0.0610. The number of amides is 1. The van der Waals surface area contributed by atoms with Crippen LogP contribution in [0.3, 0.4) is 0 Å². The summed E-state index contributed by atoms with van der Waals surface area (Å²) >= 11 is 0. The fourth-order valence-electron chi connectivity index (χ4n) is 3.96. The first-order valence-electron chi connectivity index (χ1n) is 10.7. The number of rotatable bonds is 7. The fraction of sp³-hybridized carbons (Fsp3) is 0.375. The zero-order valence-electron chi connectivity index (χ0n) is 17.4. The molecule has 0 radical (unpaired) electrons. The number of likely N-dealkylation sites (N-methyl/N-ethyl adjacent to an activating group) is 1. The Morgan fingerprint density at radius 2 is 1.77 bits per heavy atom. The van der Waals surface area contributed by atoms with E-state index in [2.05, 4.69) is 27.4 Å². The Hall–Kier alpha value is -2.99. The Morgan fingerprint density at radius 1 is 1.03 bits per heavy atom. The second-order valence-corrected chi connectivity index (χ2v) is 7.89. The minimum Gasteiger partial charge on any atom is -0.351 e. The predicted molar refractivity (Wildman–Crippen MR) is 117 cm³/mol. The first-order chi connectivity index (χ1) is 14.7. The highest BCUT2D eigenvalue weighted by molar-refractivity contribution is 5.94. The Morgan fingerprint density at radius 3 is 2.50 bits per heavy atom. The summed E-state index contributed by atoms with van der Waals surface area (Å²) in [6.45, 7) is 1.52. The molecule has 0 bridgehead atoms. The summed E-state index contributed by atoms with van der Waals surface area (Å²) in [7, 11) is 2.16. The maximum absolute atomic E-state index is 12.5. The van der Waals surface area contributed by atoms with Crippen LogP contribution in [0, 0.1) is 0 Å². The summed E-state index contributed by atoms with van der Waals surface area (Å²) in [5.41, 5.74) is 2.32. The number of nitrogens with one attached hydrogen (secondary N) is 1. The number of hydrogen-bond acceptors (Lipinski definition) is 5. The molecular weight excluding hydrogens is 376 g/mol. The summed E-state index contributed by atoms with van der Waals surface area (Å²) in [4.78, 5) is 19.3. The standard InChI is InChI=1S/C24H28N4O2/c1-28(21-10-6-3-7-11-21)17-16-25-23(29)19-12-14-20(15-13-19)24-26-22(27-30-24)18-8-4-2-5-9-18/h2,4-5,8-9,12-15,21H,3,6-7,10-11,16-17H2,1H3,(H,25,29). The van der Waals surface area contributed by atoms with Crippen molar-refractivity contribution in [3.05, 3.63) is 60.2 Å². The van der Waals surface area contributed by atoms with Crippen molar-refractivity contribution in [2.24, 2.45) is 0 Å². The van der Waals surface area contributed by atoms with Crippen molar-refractivity contribution < 1.29 is 9.32 Å². The summed E-state index contributed by atoms with van der Waals surface area (Å²) in [5.74, 6) is 0.929. The van der Waals surface area contributed by atoms with Gasteiger partial charge < -0.3 is 14.7 Å². The van der Waals surface area contributed by atoms with Crippen LogP contribution >= 0.6 is 0 Å². The van der Waals surface area contributed by atoms with Gasteiger partial charge in [-0.15, -0.1) is 0 Å². The lowest BCUT2D eigenvalue weighted by molar-refractivity contribution is 0.0944. The second kappa shape index (κ2) is 9.67. The van der Waals surface area contributed by atoms with Gasteiger partial charge in [0.1, 0.15) is 0 Å². The summed E-state index contributed by atoms with van der Waals surface area (Å²) in [5, 5.41) is 7.07. The minimum atomic E-state index is -0.0610. The molecule has 1 amide bonds.